The average Bonchev–Trinajstić information content (AvgIpc) is 2.41. The van der Waals surface area contributed by atoms with E-state index in [1.54, 1.807) is 18.2 Å². The highest BCUT2D eigenvalue weighted by Gasteiger charge is 2.16. The number of aliphatic carboxylic acids is 2. The van der Waals surface area contributed by atoms with Crippen molar-refractivity contribution in [2.75, 3.05) is 6.54 Å². The summed E-state index contributed by atoms with van der Waals surface area (Å²) in [7, 11) is 0. The second kappa shape index (κ2) is 7.91. The molecule has 5 N–H and O–H groups in total. The summed E-state index contributed by atoms with van der Waals surface area (Å²) in [5.74, 6) is -2.61. The van der Waals surface area contributed by atoms with Gasteiger partial charge in [0.25, 0.3) is 0 Å². The Morgan fingerprint density at radius 2 is 1.90 bits per heavy atom. The van der Waals surface area contributed by atoms with Crippen molar-refractivity contribution >= 4 is 18.0 Å². The minimum absolute atomic E-state index is 0.00148. The van der Waals surface area contributed by atoms with Gasteiger partial charge in [0.2, 0.25) is 0 Å². The fraction of sp³-hybridized carbons (Fsp3) is 0.286. The van der Waals surface area contributed by atoms with Gasteiger partial charge in [0.1, 0.15) is 6.04 Å². The molecule has 0 aromatic heterocycles. The molecule has 7 nitrogen and oxygen atoms in total. The molecule has 0 saturated heterocycles. The molecule has 0 aliphatic heterocycles. The lowest BCUT2D eigenvalue weighted by molar-refractivity contribution is -0.140. The first-order valence-electron chi connectivity index (χ1n) is 6.26. The molecule has 1 rings (SSSR count). The fourth-order valence-electron chi connectivity index (χ4n) is 1.63. The molecule has 114 valence electrons. The molecular weight excluding hydrogens is 278 g/mol. The molecule has 0 aliphatic rings. The molecule has 0 bridgehead atoms. The first kappa shape index (κ1) is 16.5. The van der Waals surface area contributed by atoms with E-state index < -0.39 is 18.0 Å². The minimum Gasteiger partial charge on any atom is -0.504 e. The van der Waals surface area contributed by atoms with Gasteiger partial charge in [-0.25, -0.2) is 0 Å². The maximum Gasteiger partial charge on any atom is 0.320 e. The van der Waals surface area contributed by atoms with Gasteiger partial charge in [-0.3, -0.25) is 9.59 Å². The van der Waals surface area contributed by atoms with Crippen LogP contribution in [0.25, 0.3) is 6.08 Å². The van der Waals surface area contributed by atoms with Crippen molar-refractivity contribution in [2.24, 2.45) is 0 Å². The first-order chi connectivity index (χ1) is 9.90. The Bertz CT molecular complexity index is 540. The number of carboxylic acids is 2. The second-order valence-electron chi connectivity index (χ2n) is 4.38. The Balaban J connectivity index is 2.49. The SMILES string of the molecule is O=C(O)CCC(NC/C=C/c1ccc(O)c(O)c1)C(=O)O. The Labute approximate surface area is 121 Å². The van der Waals surface area contributed by atoms with Gasteiger partial charge in [-0.1, -0.05) is 18.2 Å². The predicted molar refractivity (Wildman–Crippen MR) is 75.1 cm³/mol. The zero-order chi connectivity index (χ0) is 15.8. The molecule has 0 aliphatic carbocycles. The number of nitrogens with one attached hydrogen (secondary N) is 1. The van der Waals surface area contributed by atoms with Gasteiger partial charge in [-0.2, -0.15) is 0 Å². The Hall–Kier alpha value is -2.54. The third-order valence-corrected chi connectivity index (χ3v) is 2.74. The molecular formula is C14H17NO6. The predicted octanol–water partition coefficient (Wildman–Crippen LogP) is 1.02. The quantitative estimate of drug-likeness (QED) is 0.453. The van der Waals surface area contributed by atoms with Crippen LogP contribution in [0.3, 0.4) is 0 Å². The van der Waals surface area contributed by atoms with Gasteiger partial charge in [0.05, 0.1) is 0 Å². The largest absolute Gasteiger partial charge is 0.504 e. The standard InChI is InChI=1S/C14H17NO6/c16-11-5-3-9(8-12(11)17)2-1-7-15-10(14(20)21)4-6-13(18)19/h1-3,5,8,10,15-17H,4,6-7H2,(H,18,19)(H,20,21)/b2-1+. The van der Waals surface area contributed by atoms with E-state index in [2.05, 4.69) is 5.32 Å². The first-order valence-corrected chi connectivity index (χ1v) is 6.26. The smallest absolute Gasteiger partial charge is 0.320 e. The topological polar surface area (TPSA) is 127 Å². The third kappa shape index (κ3) is 5.96. The van der Waals surface area contributed by atoms with Gasteiger partial charge in [0.15, 0.2) is 11.5 Å². The van der Waals surface area contributed by atoms with E-state index in [-0.39, 0.29) is 30.9 Å². The highest BCUT2D eigenvalue weighted by atomic mass is 16.4. The van der Waals surface area contributed by atoms with Crippen LogP contribution in [-0.2, 0) is 9.59 Å². The second-order valence-corrected chi connectivity index (χ2v) is 4.38. The summed E-state index contributed by atoms with van der Waals surface area (Å²) >= 11 is 0. The maximum atomic E-state index is 10.9. The molecule has 0 saturated carbocycles. The van der Waals surface area contributed by atoms with Crippen LogP contribution in [0, 0.1) is 0 Å². The number of rotatable bonds is 8. The number of carbonyl (C=O) groups is 2. The van der Waals surface area contributed by atoms with E-state index >= 15 is 0 Å². The molecule has 21 heavy (non-hydrogen) atoms. The molecule has 0 fully saturated rings. The van der Waals surface area contributed by atoms with Crippen molar-refractivity contribution in [3.8, 4) is 11.5 Å². The van der Waals surface area contributed by atoms with E-state index in [0.717, 1.165) is 0 Å². The number of aromatic hydroxyl groups is 2. The third-order valence-electron chi connectivity index (χ3n) is 2.74. The van der Waals surface area contributed by atoms with Gasteiger partial charge in [0, 0.05) is 13.0 Å². The van der Waals surface area contributed by atoms with Gasteiger partial charge < -0.3 is 25.7 Å². The lowest BCUT2D eigenvalue weighted by Gasteiger charge is -2.11. The van der Waals surface area contributed by atoms with Crippen molar-refractivity contribution in [1.29, 1.82) is 0 Å². The zero-order valence-electron chi connectivity index (χ0n) is 11.2. The van der Waals surface area contributed by atoms with Gasteiger partial charge in [-0.05, 0) is 24.1 Å². The number of benzene rings is 1. The van der Waals surface area contributed by atoms with Crippen molar-refractivity contribution in [3.05, 3.63) is 29.8 Å². The van der Waals surface area contributed by atoms with Crippen molar-refractivity contribution < 1.29 is 30.0 Å². The van der Waals surface area contributed by atoms with Crippen LogP contribution in [0.4, 0.5) is 0 Å². The molecule has 0 amide bonds. The lowest BCUT2D eigenvalue weighted by Crippen LogP contribution is -2.37. The summed E-state index contributed by atoms with van der Waals surface area (Å²) in [5.41, 5.74) is 0.643. The highest BCUT2D eigenvalue weighted by Crippen LogP contribution is 2.25. The molecule has 1 aromatic rings. The van der Waals surface area contributed by atoms with E-state index in [1.165, 1.54) is 12.1 Å². The highest BCUT2D eigenvalue weighted by molar-refractivity contribution is 5.75. The summed E-state index contributed by atoms with van der Waals surface area (Å²) < 4.78 is 0. The van der Waals surface area contributed by atoms with Crippen LogP contribution < -0.4 is 5.32 Å². The summed E-state index contributed by atoms with van der Waals surface area (Å²) in [4.78, 5) is 21.3. The summed E-state index contributed by atoms with van der Waals surface area (Å²) in [6.07, 6.45) is 3.06. The molecule has 1 aromatic carbocycles. The van der Waals surface area contributed by atoms with Crippen LogP contribution in [0.2, 0.25) is 0 Å². The molecule has 1 atom stereocenters. The average molecular weight is 295 g/mol. The van der Waals surface area contributed by atoms with E-state index in [1.807, 2.05) is 0 Å². The monoisotopic (exact) mass is 295 g/mol. The van der Waals surface area contributed by atoms with Gasteiger partial charge >= 0.3 is 11.9 Å². The summed E-state index contributed by atoms with van der Waals surface area (Å²) in [6, 6.07) is 3.37. The Morgan fingerprint density at radius 1 is 1.19 bits per heavy atom. The van der Waals surface area contributed by atoms with E-state index in [9.17, 15) is 14.7 Å². The van der Waals surface area contributed by atoms with Crippen molar-refractivity contribution in [1.82, 2.24) is 5.32 Å². The van der Waals surface area contributed by atoms with Crippen LogP contribution in [-0.4, -0.2) is 45.0 Å². The fourth-order valence-corrected chi connectivity index (χ4v) is 1.63. The number of hydrogen-bond acceptors (Lipinski definition) is 5. The molecule has 1 unspecified atom stereocenters. The van der Waals surface area contributed by atoms with Gasteiger partial charge in [-0.15, -0.1) is 0 Å². The number of hydrogen-bond donors (Lipinski definition) is 5. The molecule has 0 heterocycles. The van der Waals surface area contributed by atoms with Crippen molar-refractivity contribution in [2.45, 2.75) is 18.9 Å². The number of phenols is 2. The number of carboxylic acid groups (broad SMARTS) is 2. The van der Waals surface area contributed by atoms with Crippen LogP contribution in [0.5, 0.6) is 11.5 Å². The maximum absolute atomic E-state index is 10.9. The van der Waals surface area contributed by atoms with Crippen LogP contribution >= 0.6 is 0 Å². The van der Waals surface area contributed by atoms with E-state index in [4.69, 9.17) is 15.3 Å². The van der Waals surface area contributed by atoms with Crippen molar-refractivity contribution in [3.63, 3.8) is 0 Å². The Kier molecular flexibility index (Phi) is 6.22. The van der Waals surface area contributed by atoms with Crippen LogP contribution in [0.15, 0.2) is 24.3 Å². The number of phenolic OH excluding ortho intramolecular Hbond substituents is 2. The summed E-state index contributed by atoms with van der Waals surface area (Å²) in [6.45, 7) is 0.234. The molecule has 0 spiro atoms. The molecule has 7 heteroatoms. The molecule has 0 radical (unpaired) electrons. The van der Waals surface area contributed by atoms with E-state index in [0.29, 0.717) is 5.56 Å². The normalized spacial score (nSPS) is 12.4. The zero-order valence-corrected chi connectivity index (χ0v) is 11.2. The van der Waals surface area contributed by atoms with Crippen LogP contribution in [0.1, 0.15) is 18.4 Å². The lowest BCUT2D eigenvalue weighted by atomic mass is 10.1. The minimum atomic E-state index is -1.10. The Morgan fingerprint density at radius 3 is 2.48 bits per heavy atom. The summed E-state index contributed by atoms with van der Waals surface area (Å²) in [5, 5.41) is 38.6.